The van der Waals surface area contributed by atoms with E-state index in [1.165, 1.54) is 0 Å². The summed E-state index contributed by atoms with van der Waals surface area (Å²) in [6.45, 7) is 3.93. The summed E-state index contributed by atoms with van der Waals surface area (Å²) in [5.41, 5.74) is 1.90. The molecule has 1 aromatic carbocycles. The summed E-state index contributed by atoms with van der Waals surface area (Å²) < 4.78 is 0.984. The molecule has 1 aromatic rings. The zero-order chi connectivity index (χ0) is 12.1. The van der Waals surface area contributed by atoms with E-state index in [9.17, 15) is 4.79 Å². The third kappa shape index (κ3) is 3.23. The average molecular weight is 286 g/mol. The highest BCUT2D eigenvalue weighted by Crippen LogP contribution is 2.24. The van der Waals surface area contributed by atoms with Gasteiger partial charge in [-0.3, -0.25) is 0 Å². The first-order valence-electron chi connectivity index (χ1n) is 5.30. The highest BCUT2D eigenvalue weighted by Gasteiger charge is 2.16. The maximum atomic E-state index is 11.0. The summed E-state index contributed by atoms with van der Waals surface area (Å²) in [7, 11) is 0. The number of hydrogen-bond acceptors (Lipinski definition) is 2. The predicted molar refractivity (Wildman–Crippen MR) is 68.8 cm³/mol. The van der Waals surface area contributed by atoms with Crippen molar-refractivity contribution in [2.24, 2.45) is 0 Å². The molecule has 0 aliphatic carbocycles. The van der Waals surface area contributed by atoms with Crippen molar-refractivity contribution in [1.29, 1.82) is 0 Å². The van der Waals surface area contributed by atoms with Crippen molar-refractivity contribution in [1.82, 2.24) is 0 Å². The SMILES string of the molecule is CCCC(Nc1cccc(Br)c1C)C(=O)O. The first-order chi connectivity index (χ1) is 7.56. The van der Waals surface area contributed by atoms with E-state index in [4.69, 9.17) is 5.11 Å². The molecular formula is C12H16BrNO2. The number of anilines is 1. The zero-order valence-electron chi connectivity index (χ0n) is 9.46. The van der Waals surface area contributed by atoms with Gasteiger partial charge in [0.05, 0.1) is 0 Å². The van der Waals surface area contributed by atoms with Crippen molar-refractivity contribution in [2.45, 2.75) is 32.7 Å². The van der Waals surface area contributed by atoms with E-state index in [0.29, 0.717) is 6.42 Å². The van der Waals surface area contributed by atoms with Crippen LogP contribution in [-0.4, -0.2) is 17.1 Å². The molecule has 88 valence electrons. The van der Waals surface area contributed by atoms with E-state index in [1.807, 2.05) is 32.0 Å². The van der Waals surface area contributed by atoms with Gasteiger partial charge in [-0.1, -0.05) is 35.3 Å². The van der Waals surface area contributed by atoms with Crippen LogP contribution in [0.25, 0.3) is 0 Å². The number of carboxylic acid groups (broad SMARTS) is 1. The Morgan fingerprint density at radius 2 is 2.25 bits per heavy atom. The lowest BCUT2D eigenvalue weighted by Gasteiger charge is -2.17. The topological polar surface area (TPSA) is 49.3 Å². The van der Waals surface area contributed by atoms with Gasteiger partial charge in [0.25, 0.3) is 0 Å². The van der Waals surface area contributed by atoms with E-state index >= 15 is 0 Å². The van der Waals surface area contributed by atoms with Crippen LogP contribution < -0.4 is 5.32 Å². The van der Waals surface area contributed by atoms with E-state index < -0.39 is 12.0 Å². The summed E-state index contributed by atoms with van der Waals surface area (Å²) >= 11 is 3.42. The molecule has 0 aromatic heterocycles. The third-order valence-corrected chi connectivity index (χ3v) is 3.33. The number of hydrogen-bond donors (Lipinski definition) is 2. The number of benzene rings is 1. The highest BCUT2D eigenvalue weighted by molar-refractivity contribution is 9.10. The van der Waals surface area contributed by atoms with Gasteiger partial charge >= 0.3 is 5.97 Å². The third-order valence-electron chi connectivity index (χ3n) is 2.47. The summed E-state index contributed by atoms with van der Waals surface area (Å²) in [5.74, 6) is -0.804. The second-order valence-corrected chi connectivity index (χ2v) is 4.59. The number of halogens is 1. The fraction of sp³-hybridized carbons (Fsp3) is 0.417. The van der Waals surface area contributed by atoms with Crippen LogP contribution in [0.15, 0.2) is 22.7 Å². The molecule has 0 saturated carbocycles. The Kier molecular flexibility index (Phi) is 4.80. The van der Waals surface area contributed by atoms with E-state index in [0.717, 1.165) is 22.1 Å². The average Bonchev–Trinajstić information content (AvgIpc) is 2.23. The van der Waals surface area contributed by atoms with Crippen LogP contribution in [0, 0.1) is 6.92 Å². The Bertz CT molecular complexity index is 379. The molecule has 1 atom stereocenters. The summed E-state index contributed by atoms with van der Waals surface area (Å²) in [6.07, 6.45) is 1.47. The Morgan fingerprint density at radius 1 is 1.56 bits per heavy atom. The predicted octanol–water partition coefficient (Wildman–Crippen LogP) is 3.42. The van der Waals surface area contributed by atoms with Gasteiger partial charge in [0.2, 0.25) is 0 Å². The largest absolute Gasteiger partial charge is 0.480 e. The molecule has 16 heavy (non-hydrogen) atoms. The molecule has 0 spiro atoms. The molecule has 0 aliphatic heterocycles. The van der Waals surface area contributed by atoms with Crippen LogP contribution >= 0.6 is 15.9 Å². The van der Waals surface area contributed by atoms with Crippen LogP contribution in [-0.2, 0) is 4.79 Å². The molecule has 0 saturated heterocycles. The molecule has 0 amide bonds. The normalized spacial score (nSPS) is 12.2. The van der Waals surface area contributed by atoms with Gasteiger partial charge in [-0.2, -0.15) is 0 Å². The van der Waals surface area contributed by atoms with Crippen LogP contribution in [0.2, 0.25) is 0 Å². The van der Waals surface area contributed by atoms with Gasteiger partial charge in [0.15, 0.2) is 0 Å². The maximum absolute atomic E-state index is 11.0. The van der Waals surface area contributed by atoms with Crippen molar-refractivity contribution < 1.29 is 9.90 Å². The second-order valence-electron chi connectivity index (χ2n) is 3.74. The zero-order valence-corrected chi connectivity index (χ0v) is 11.0. The van der Waals surface area contributed by atoms with Crippen molar-refractivity contribution in [3.8, 4) is 0 Å². The molecule has 1 rings (SSSR count). The number of aliphatic carboxylic acids is 1. The first kappa shape index (κ1) is 13.0. The lowest BCUT2D eigenvalue weighted by Crippen LogP contribution is -2.29. The molecule has 3 nitrogen and oxygen atoms in total. The molecule has 4 heteroatoms. The van der Waals surface area contributed by atoms with Gasteiger partial charge in [-0.25, -0.2) is 4.79 Å². The van der Waals surface area contributed by atoms with Crippen LogP contribution in [0.1, 0.15) is 25.3 Å². The molecule has 1 unspecified atom stereocenters. The van der Waals surface area contributed by atoms with Crippen molar-refractivity contribution in [3.05, 3.63) is 28.2 Å². The Labute approximate surface area is 104 Å². The fourth-order valence-corrected chi connectivity index (χ4v) is 1.86. The van der Waals surface area contributed by atoms with Gasteiger partial charge in [0.1, 0.15) is 6.04 Å². The van der Waals surface area contributed by atoms with Gasteiger partial charge < -0.3 is 10.4 Å². The van der Waals surface area contributed by atoms with Crippen molar-refractivity contribution >= 4 is 27.6 Å². The van der Waals surface area contributed by atoms with E-state index in [1.54, 1.807) is 0 Å². The maximum Gasteiger partial charge on any atom is 0.326 e. The molecule has 0 fully saturated rings. The van der Waals surface area contributed by atoms with E-state index in [-0.39, 0.29) is 0 Å². The minimum atomic E-state index is -0.804. The smallest absolute Gasteiger partial charge is 0.326 e. The fourth-order valence-electron chi connectivity index (χ4n) is 1.50. The molecule has 0 bridgehead atoms. The number of carboxylic acids is 1. The highest BCUT2D eigenvalue weighted by atomic mass is 79.9. The lowest BCUT2D eigenvalue weighted by molar-refractivity contribution is -0.138. The molecule has 0 aliphatic rings. The molecule has 0 radical (unpaired) electrons. The second kappa shape index (κ2) is 5.89. The minimum Gasteiger partial charge on any atom is -0.480 e. The van der Waals surface area contributed by atoms with E-state index in [2.05, 4.69) is 21.2 Å². The van der Waals surface area contributed by atoms with Gasteiger partial charge in [-0.05, 0) is 31.0 Å². The standard InChI is InChI=1S/C12H16BrNO2/c1-3-5-11(12(15)16)14-10-7-4-6-9(13)8(10)2/h4,6-7,11,14H,3,5H2,1-2H3,(H,15,16). The molecule has 0 heterocycles. The van der Waals surface area contributed by atoms with Crippen molar-refractivity contribution in [2.75, 3.05) is 5.32 Å². The Morgan fingerprint density at radius 3 is 2.81 bits per heavy atom. The quantitative estimate of drug-likeness (QED) is 0.872. The number of nitrogens with one attached hydrogen (secondary N) is 1. The lowest BCUT2D eigenvalue weighted by atomic mass is 10.1. The minimum absolute atomic E-state index is 0.516. The number of carbonyl (C=O) groups is 1. The summed E-state index contributed by atoms with van der Waals surface area (Å²) in [4.78, 5) is 11.0. The van der Waals surface area contributed by atoms with Crippen LogP contribution in [0.3, 0.4) is 0 Å². The molecule has 2 N–H and O–H groups in total. The first-order valence-corrected chi connectivity index (χ1v) is 6.10. The molecular weight excluding hydrogens is 270 g/mol. The summed E-state index contributed by atoms with van der Waals surface area (Å²) in [5, 5.41) is 12.1. The Balaban J connectivity index is 2.85. The van der Waals surface area contributed by atoms with Crippen molar-refractivity contribution in [3.63, 3.8) is 0 Å². The summed E-state index contributed by atoms with van der Waals surface area (Å²) in [6, 6.07) is 5.21. The van der Waals surface area contributed by atoms with Gasteiger partial charge in [0, 0.05) is 10.2 Å². The number of rotatable bonds is 5. The Hall–Kier alpha value is -1.03. The van der Waals surface area contributed by atoms with Gasteiger partial charge in [-0.15, -0.1) is 0 Å². The van der Waals surface area contributed by atoms with Crippen LogP contribution in [0.4, 0.5) is 5.69 Å². The monoisotopic (exact) mass is 285 g/mol. The van der Waals surface area contributed by atoms with Crippen LogP contribution in [0.5, 0.6) is 0 Å².